The molecule has 0 aliphatic heterocycles. The van der Waals surface area contributed by atoms with E-state index in [9.17, 15) is 4.79 Å². The Morgan fingerprint density at radius 2 is 1.69 bits per heavy atom. The van der Waals surface area contributed by atoms with Crippen LogP contribution < -0.4 is 109 Å². The Morgan fingerprint density at radius 1 is 1.44 bits per heavy atom. The van der Waals surface area contributed by atoms with E-state index in [4.69, 9.17) is 35.5 Å². The SMILES string of the molecule is CN(CC(=O)O)C(=N)N.O=P(O)(O)O.[H-].[H-].[K+].[K+]. The smallest absolute Gasteiger partial charge is 1.00 e. The number of hydrogen-bond acceptors (Lipinski definition) is 3. The number of aliphatic carboxylic acids is 1. The molecule has 0 radical (unpaired) electrons. The Morgan fingerprint density at radius 3 is 1.75 bits per heavy atom. The predicted octanol–water partition coefficient (Wildman–Crippen LogP) is -7.80. The third-order valence-electron chi connectivity index (χ3n) is 0.784. The summed E-state index contributed by atoms with van der Waals surface area (Å²) in [7, 11) is -3.20. The van der Waals surface area contributed by atoms with Gasteiger partial charge in [0.1, 0.15) is 6.54 Å². The molecule has 0 aromatic carbocycles. The molecule has 0 unspecified atom stereocenters. The molecular weight excluding hydrogens is 295 g/mol. The Labute approximate surface area is 180 Å². The number of rotatable bonds is 2. The van der Waals surface area contributed by atoms with Gasteiger partial charge in [-0.3, -0.25) is 10.2 Å². The predicted molar refractivity (Wildman–Crippen MR) is 48.7 cm³/mol. The van der Waals surface area contributed by atoms with Gasteiger partial charge in [0.15, 0.2) is 5.96 Å². The number of likely N-dealkylation sites (N-methyl/N-ethyl adjacent to an activating group) is 1. The van der Waals surface area contributed by atoms with Crippen LogP contribution >= 0.6 is 7.82 Å². The third-order valence-corrected chi connectivity index (χ3v) is 0.784. The fourth-order valence-electron chi connectivity index (χ4n) is 0.288. The maximum Gasteiger partial charge on any atom is 1.00 e. The molecule has 0 atom stereocenters. The van der Waals surface area contributed by atoms with Crippen molar-refractivity contribution in [3.05, 3.63) is 0 Å². The van der Waals surface area contributed by atoms with Crippen LogP contribution in [0.4, 0.5) is 0 Å². The first-order chi connectivity index (χ1) is 6.04. The van der Waals surface area contributed by atoms with Gasteiger partial charge >= 0.3 is 117 Å². The van der Waals surface area contributed by atoms with Crippen LogP contribution in [0, 0.1) is 5.41 Å². The van der Waals surface area contributed by atoms with E-state index in [1.165, 1.54) is 7.05 Å². The maximum absolute atomic E-state index is 9.92. The number of carboxylic acids is 1. The topological polar surface area (TPSA) is 168 Å². The molecule has 0 spiro atoms. The van der Waals surface area contributed by atoms with Gasteiger partial charge in [-0.05, 0) is 0 Å². The average Bonchev–Trinajstić information content (AvgIpc) is 1.80. The average molecular weight is 309 g/mol. The fourth-order valence-corrected chi connectivity index (χ4v) is 0.288. The normalized spacial score (nSPS) is 8.50. The van der Waals surface area contributed by atoms with Crippen LogP contribution in [0.1, 0.15) is 2.85 Å². The number of nitrogens with two attached hydrogens (primary N) is 1. The van der Waals surface area contributed by atoms with Crippen molar-refractivity contribution < 1.29 is 135 Å². The molecule has 7 N–H and O–H groups in total. The summed E-state index contributed by atoms with van der Waals surface area (Å²) in [5.74, 6) is -1.23. The summed E-state index contributed by atoms with van der Waals surface area (Å²) in [5.41, 5.74) is 4.93. The van der Waals surface area contributed by atoms with Gasteiger partial charge in [-0.15, -0.1) is 0 Å². The molecule has 0 saturated carbocycles. The largest absolute Gasteiger partial charge is 1.00 e. The van der Waals surface area contributed by atoms with E-state index in [1.54, 1.807) is 0 Å². The van der Waals surface area contributed by atoms with E-state index in [1.807, 2.05) is 0 Å². The zero-order valence-corrected chi connectivity index (χ0v) is 16.4. The van der Waals surface area contributed by atoms with E-state index < -0.39 is 13.8 Å². The summed E-state index contributed by atoms with van der Waals surface area (Å²) in [6.45, 7) is -0.227. The molecule has 0 aliphatic rings. The first-order valence-corrected chi connectivity index (χ1v) is 4.65. The van der Waals surface area contributed by atoms with E-state index >= 15 is 0 Å². The number of nitrogens with zero attached hydrogens (tertiary/aromatic N) is 1. The van der Waals surface area contributed by atoms with Crippen LogP contribution in [0.25, 0.3) is 0 Å². The quantitative estimate of drug-likeness (QED) is 0.126. The molecule has 0 aliphatic carbocycles. The van der Waals surface area contributed by atoms with Crippen LogP contribution in [-0.2, 0) is 9.36 Å². The minimum atomic E-state index is -4.64. The minimum absolute atomic E-state index is 0. The van der Waals surface area contributed by atoms with Gasteiger partial charge in [-0.25, -0.2) is 4.57 Å². The second-order valence-corrected chi connectivity index (χ2v) is 3.17. The van der Waals surface area contributed by atoms with E-state index in [0.717, 1.165) is 4.90 Å². The van der Waals surface area contributed by atoms with Crippen molar-refractivity contribution in [1.82, 2.24) is 4.90 Å². The Hall–Kier alpha value is 2.12. The molecule has 88 valence electrons. The van der Waals surface area contributed by atoms with Crippen LogP contribution in [0.2, 0.25) is 0 Å². The molecule has 0 aromatic rings. The molecule has 0 rings (SSSR count). The van der Waals surface area contributed by atoms with Crippen molar-refractivity contribution in [2.75, 3.05) is 13.6 Å². The third kappa shape index (κ3) is 36.0. The second-order valence-electron chi connectivity index (χ2n) is 2.15. The van der Waals surface area contributed by atoms with Gasteiger partial charge in [0, 0.05) is 7.05 Å². The fraction of sp³-hybridized carbons (Fsp3) is 0.500. The molecule has 0 amide bonds. The summed E-state index contributed by atoms with van der Waals surface area (Å²) < 4.78 is 8.88. The number of guanidine groups is 1. The van der Waals surface area contributed by atoms with Crippen molar-refractivity contribution in [3.63, 3.8) is 0 Å². The summed E-state index contributed by atoms with van der Waals surface area (Å²) in [6, 6.07) is 0. The van der Waals surface area contributed by atoms with Gasteiger partial charge in [0.05, 0.1) is 0 Å². The van der Waals surface area contributed by atoms with Gasteiger partial charge in [0.2, 0.25) is 0 Å². The molecule has 0 heterocycles. The maximum atomic E-state index is 9.92. The number of phosphoric acid groups is 1. The van der Waals surface area contributed by atoms with Crippen molar-refractivity contribution in [1.29, 1.82) is 5.41 Å². The van der Waals surface area contributed by atoms with Crippen molar-refractivity contribution >= 4 is 19.8 Å². The molecule has 12 heteroatoms. The number of hydrogen-bond donors (Lipinski definition) is 6. The Balaban J connectivity index is -0.0000000359. The Kier molecular flexibility index (Phi) is 22.6. The van der Waals surface area contributed by atoms with E-state index in [2.05, 4.69) is 0 Å². The van der Waals surface area contributed by atoms with E-state index in [-0.39, 0.29) is 118 Å². The molecular formula is C4H14K2N3O6P. The van der Waals surface area contributed by atoms with E-state index in [0.29, 0.717) is 0 Å². The molecule has 16 heavy (non-hydrogen) atoms. The monoisotopic (exact) mass is 309 g/mol. The first-order valence-electron chi connectivity index (χ1n) is 3.09. The zero-order valence-electron chi connectivity index (χ0n) is 11.3. The van der Waals surface area contributed by atoms with Crippen molar-refractivity contribution in [2.24, 2.45) is 5.73 Å². The van der Waals surface area contributed by atoms with Gasteiger partial charge in [0.25, 0.3) is 0 Å². The van der Waals surface area contributed by atoms with Crippen LogP contribution in [0.3, 0.4) is 0 Å². The van der Waals surface area contributed by atoms with Crippen molar-refractivity contribution in [3.8, 4) is 0 Å². The van der Waals surface area contributed by atoms with Crippen LogP contribution in [-0.4, -0.2) is 50.2 Å². The number of carboxylic acid groups (broad SMARTS) is 1. The zero-order chi connectivity index (χ0) is 11.9. The van der Waals surface area contributed by atoms with Crippen molar-refractivity contribution in [2.45, 2.75) is 0 Å². The molecule has 9 nitrogen and oxygen atoms in total. The summed E-state index contributed by atoms with van der Waals surface area (Å²) in [4.78, 5) is 32.6. The molecule has 0 aromatic heterocycles. The Bertz CT molecular complexity index is 259. The van der Waals surface area contributed by atoms with Crippen LogP contribution in [0.15, 0.2) is 0 Å². The minimum Gasteiger partial charge on any atom is -1.00 e. The van der Waals surface area contributed by atoms with Gasteiger partial charge in [-0.2, -0.15) is 0 Å². The molecule has 0 saturated heterocycles. The summed E-state index contributed by atoms with van der Waals surface area (Å²) >= 11 is 0. The summed E-state index contributed by atoms with van der Waals surface area (Å²) in [5, 5.41) is 14.9. The number of carbonyl (C=O) groups is 1. The molecule has 0 fully saturated rings. The van der Waals surface area contributed by atoms with Crippen LogP contribution in [0.5, 0.6) is 0 Å². The summed E-state index contributed by atoms with van der Waals surface area (Å²) in [6.07, 6.45) is 0. The second kappa shape index (κ2) is 13.6. The van der Waals surface area contributed by atoms with Gasteiger partial charge < -0.3 is 33.3 Å². The number of nitrogens with one attached hydrogen (secondary N) is 1. The molecule has 0 bridgehead atoms. The van der Waals surface area contributed by atoms with Gasteiger partial charge in [-0.1, -0.05) is 0 Å². The standard InChI is InChI=1S/C4H9N3O2.2K.H3O4P.2H/c1-7(4(5)6)2-3(8)9;;;1-5(2,3)4;;/h2H2,1H3,(H3,5,6)(H,8,9);;;(H3,1,2,3,4);;/q;2*+1;;2*-1. The first kappa shape index (κ1) is 26.6.